The summed E-state index contributed by atoms with van der Waals surface area (Å²) >= 11 is 0. The van der Waals surface area contributed by atoms with Gasteiger partial charge in [0.25, 0.3) is 0 Å². The Bertz CT molecular complexity index is 1210. The van der Waals surface area contributed by atoms with Crippen LogP contribution in [0.15, 0.2) is 97.1 Å². The summed E-state index contributed by atoms with van der Waals surface area (Å²) in [7, 11) is 0. The lowest BCUT2D eigenvalue weighted by Gasteiger charge is -2.26. The molecule has 0 aliphatic rings. The first-order chi connectivity index (χ1) is 17.1. The van der Waals surface area contributed by atoms with E-state index in [1.807, 2.05) is 48.5 Å². The van der Waals surface area contributed by atoms with E-state index in [0.717, 1.165) is 22.3 Å². The predicted molar refractivity (Wildman–Crippen MR) is 140 cm³/mol. The highest BCUT2D eigenvalue weighted by Gasteiger charge is 2.24. The summed E-state index contributed by atoms with van der Waals surface area (Å²) in [5, 5.41) is 19.1. The Morgan fingerprint density at radius 2 is 0.750 bits per heavy atom. The minimum absolute atomic E-state index is 0.229. The van der Waals surface area contributed by atoms with Crippen LogP contribution in [0.1, 0.15) is 49.9 Å². The summed E-state index contributed by atoms with van der Waals surface area (Å²) in [6, 6.07) is 28.9. The highest BCUT2D eigenvalue weighted by molar-refractivity contribution is 5.67. The molecule has 0 saturated carbocycles. The van der Waals surface area contributed by atoms with Gasteiger partial charge in [-0.15, -0.1) is 0 Å². The Balaban J connectivity index is 1.39. The SMILES string of the molecule is CC(C)(c1ccc(O)cc1)c1ccc(OC(=O)Oc2ccc(C(C)(C)c3ccc(O)cc3)cc2)cc1. The molecular formula is C31H30O5. The van der Waals surface area contributed by atoms with Crippen molar-refractivity contribution in [1.29, 1.82) is 0 Å². The molecule has 4 aromatic rings. The Kier molecular flexibility index (Phi) is 6.75. The van der Waals surface area contributed by atoms with Crippen molar-refractivity contribution in [1.82, 2.24) is 0 Å². The van der Waals surface area contributed by atoms with E-state index in [2.05, 4.69) is 27.7 Å². The second kappa shape index (κ2) is 9.78. The smallest absolute Gasteiger partial charge is 0.508 e. The van der Waals surface area contributed by atoms with Crippen molar-refractivity contribution in [3.8, 4) is 23.0 Å². The highest BCUT2D eigenvalue weighted by atomic mass is 16.7. The van der Waals surface area contributed by atoms with Crippen molar-refractivity contribution in [2.24, 2.45) is 0 Å². The molecule has 0 atom stereocenters. The molecule has 184 valence electrons. The van der Waals surface area contributed by atoms with Crippen LogP contribution in [0.5, 0.6) is 23.0 Å². The number of hydrogen-bond donors (Lipinski definition) is 2. The molecule has 0 heterocycles. The molecule has 0 aliphatic carbocycles. The number of aromatic hydroxyl groups is 2. The molecule has 0 bridgehead atoms. The molecule has 0 fully saturated rings. The van der Waals surface area contributed by atoms with E-state index < -0.39 is 6.16 Å². The van der Waals surface area contributed by atoms with Gasteiger partial charge in [0.05, 0.1) is 0 Å². The largest absolute Gasteiger partial charge is 0.519 e. The first-order valence-electron chi connectivity index (χ1n) is 11.8. The zero-order valence-corrected chi connectivity index (χ0v) is 20.9. The number of ether oxygens (including phenoxy) is 2. The molecule has 36 heavy (non-hydrogen) atoms. The van der Waals surface area contributed by atoms with Crippen LogP contribution < -0.4 is 9.47 Å². The van der Waals surface area contributed by atoms with Gasteiger partial charge in [0.15, 0.2) is 0 Å². The molecule has 0 saturated heterocycles. The van der Waals surface area contributed by atoms with E-state index in [4.69, 9.17) is 9.47 Å². The van der Waals surface area contributed by atoms with E-state index >= 15 is 0 Å². The van der Waals surface area contributed by atoms with Crippen molar-refractivity contribution in [3.05, 3.63) is 119 Å². The van der Waals surface area contributed by atoms with Gasteiger partial charge in [0, 0.05) is 10.8 Å². The zero-order valence-electron chi connectivity index (χ0n) is 20.9. The fourth-order valence-corrected chi connectivity index (χ4v) is 4.18. The summed E-state index contributed by atoms with van der Waals surface area (Å²) < 4.78 is 10.7. The van der Waals surface area contributed by atoms with Gasteiger partial charge >= 0.3 is 6.16 Å². The van der Waals surface area contributed by atoms with E-state index in [0.29, 0.717) is 11.5 Å². The Labute approximate surface area is 211 Å². The van der Waals surface area contributed by atoms with Crippen LogP contribution in [0.3, 0.4) is 0 Å². The fraction of sp³-hybridized carbons (Fsp3) is 0.194. The van der Waals surface area contributed by atoms with Crippen molar-refractivity contribution < 1.29 is 24.5 Å². The van der Waals surface area contributed by atoms with Gasteiger partial charge in [-0.05, 0) is 70.8 Å². The molecule has 0 amide bonds. The lowest BCUT2D eigenvalue weighted by molar-refractivity contribution is 0.152. The number of phenols is 2. The van der Waals surface area contributed by atoms with Crippen molar-refractivity contribution in [2.45, 2.75) is 38.5 Å². The first kappa shape index (κ1) is 24.9. The van der Waals surface area contributed by atoms with Gasteiger partial charge in [-0.3, -0.25) is 0 Å². The van der Waals surface area contributed by atoms with Crippen LogP contribution in [-0.2, 0) is 10.8 Å². The summed E-state index contributed by atoms with van der Waals surface area (Å²) in [5.74, 6) is 1.23. The first-order valence-corrected chi connectivity index (χ1v) is 11.8. The number of rotatable bonds is 6. The summed E-state index contributed by atoms with van der Waals surface area (Å²) in [6.45, 7) is 8.37. The molecule has 0 unspecified atom stereocenters. The zero-order chi connectivity index (χ0) is 25.9. The van der Waals surface area contributed by atoms with E-state index in [1.54, 1.807) is 48.5 Å². The maximum Gasteiger partial charge on any atom is 0.519 e. The van der Waals surface area contributed by atoms with E-state index in [-0.39, 0.29) is 22.3 Å². The molecule has 0 aliphatic heterocycles. The van der Waals surface area contributed by atoms with Gasteiger partial charge < -0.3 is 19.7 Å². The number of carbonyl (C=O) groups excluding carboxylic acids is 1. The third-order valence-electron chi connectivity index (χ3n) is 6.73. The molecule has 5 heteroatoms. The van der Waals surface area contributed by atoms with Crippen LogP contribution in [-0.4, -0.2) is 16.4 Å². The predicted octanol–water partition coefficient (Wildman–Crippen LogP) is 7.33. The monoisotopic (exact) mass is 482 g/mol. The average Bonchev–Trinajstić information content (AvgIpc) is 2.85. The minimum Gasteiger partial charge on any atom is -0.508 e. The minimum atomic E-state index is -0.814. The van der Waals surface area contributed by atoms with Gasteiger partial charge in [-0.2, -0.15) is 0 Å². The van der Waals surface area contributed by atoms with Crippen LogP contribution in [0.2, 0.25) is 0 Å². The van der Waals surface area contributed by atoms with Crippen LogP contribution >= 0.6 is 0 Å². The lowest BCUT2D eigenvalue weighted by Crippen LogP contribution is -2.19. The number of benzene rings is 4. The summed E-state index contributed by atoms with van der Waals surface area (Å²) in [4.78, 5) is 12.4. The lowest BCUT2D eigenvalue weighted by atomic mass is 9.78. The maximum absolute atomic E-state index is 12.4. The number of carbonyl (C=O) groups is 1. The molecule has 0 spiro atoms. The third kappa shape index (κ3) is 5.36. The molecule has 4 aromatic carbocycles. The molecule has 0 radical (unpaired) electrons. The topological polar surface area (TPSA) is 76.0 Å². The quantitative estimate of drug-likeness (QED) is 0.222. The van der Waals surface area contributed by atoms with Gasteiger partial charge in [0.1, 0.15) is 23.0 Å². The fourth-order valence-electron chi connectivity index (χ4n) is 4.18. The third-order valence-corrected chi connectivity index (χ3v) is 6.73. The van der Waals surface area contributed by atoms with Crippen molar-refractivity contribution in [2.75, 3.05) is 0 Å². The Morgan fingerprint density at radius 1 is 0.500 bits per heavy atom. The van der Waals surface area contributed by atoms with Gasteiger partial charge in [0.2, 0.25) is 0 Å². The molecule has 2 N–H and O–H groups in total. The second-order valence-corrected chi connectivity index (χ2v) is 9.85. The number of phenolic OH excluding ortho intramolecular Hbond substituents is 2. The molecule has 5 nitrogen and oxygen atoms in total. The Hall–Kier alpha value is -4.25. The van der Waals surface area contributed by atoms with Crippen molar-refractivity contribution >= 4 is 6.16 Å². The van der Waals surface area contributed by atoms with Gasteiger partial charge in [-0.1, -0.05) is 76.2 Å². The summed E-state index contributed by atoms with van der Waals surface area (Å²) in [6.07, 6.45) is -0.814. The number of hydrogen-bond acceptors (Lipinski definition) is 5. The van der Waals surface area contributed by atoms with Crippen LogP contribution in [0.25, 0.3) is 0 Å². The van der Waals surface area contributed by atoms with Crippen LogP contribution in [0.4, 0.5) is 4.79 Å². The van der Waals surface area contributed by atoms with E-state index in [9.17, 15) is 15.0 Å². The van der Waals surface area contributed by atoms with Crippen LogP contribution in [0, 0.1) is 0 Å². The average molecular weight is 483 g/mol. The maximum atomic E-state index is 12.4. The summed E-state index contributed by atoms with van der Waals surface area (Å²) in [5.41, 5.74) is 3.63. The molecule has 4 rings (SSSR count). The molecule has 0 aromatic heterocycles. The standard InChI is InChI=1S/C31H30O5/c1-30(2,21-5-13-25(32)14-6-21)23-9-17-27(18-10-23)35-29(34)36-28-19-11-24(12-20-28)31(3,4)22-7-15-26(33)16-8-22/h5-20,32-33H,1-4H3. The second-order valence-electron chi connectivity index (χ2n) is 9.85. The van der Waals surface area contributed by atoms with Gasteiger partial charge in [-0.25, -0.2) is 4.79 Å². The highest BCUT2D eigenvalue weighted by Crippen LogP contribution is 2.34. The normalized spacial score (nSPS) is 11.7. The Morgan fingerprint density at radius 3 is 1.03 bits per heavy atom. The van der Waals surface area contributed by atoms with Crippen molar-refractivity contribution in [3.63, 3.8) is 0 Å². The molecular weight excluding hydrogens is 452 g/mol. The van der Waals surface area contributed by atoms with E-state index in [1.165, 1.54) is 0 Å².